The van der Waals surface area contributed by atoms with Crippen LogP contribution in [0.4, 0.5) is 10.2 Å². The largest absolute Gasteiger partial charge is 0.310 e. The number of nitrogens with zero attached hydrogens (tertiary/aromatic N) is 3. The van der Waals surface area contributed by atoms with Crippen LogP contribution in [0.15, 0.2) is 30.3 Å². The molecule has 3 rings (SSSR count). The molecule has 1 fully saturated rings. The predicted molar refractivity (Wildman–Crippen MR) is 101 cm³/mol. The number of halogens is 1. The van der Waals surface area contributed by atoms with Crippen LogP contribution in [0.1, 0.15) is 23.7 Å². The summed E-state index contributed by atoms with van der Waals surface area (Å²) in [6.45, 7) is 2.17. The van der Waals surface area contributed by atoms with Crippen molar-refractivity contribution in [2.45, 2.75) is 25.9 Å². The fourth-order valence-electron chi connectivity index (χ4n) is 3.26. The van der Waals surface area contributed by atoms with E-state index in [9.17, 15) is 17.6 Å². The lowest BCUT2D eigenvalue weighted by molar-refractivity contribution is -0.117. The van der Waals surface area contributed by atoms with Crippen molar-refractivity contribution in [2.75, 3.05) is 30.4 Å². The summed E-state index contributed by atoms with van der Waals surface area (Å²) in [6, 6.07) is 7.90. The predicted octanol–water partition coefficient (Wildman–Crippen LogP) is 1.76. The van der Waals surface area contributed by atoms with Crippen LogP contribution in [0.3, 0.4) is 0 Å². The molecule has 1 atom stereocenters. The number of aryl methyl sites for hydroxylation is 1. The molecule has 1 aromatic carbocycles. The molecule has 1 unspecified atom stereocenters. The highest BCUT2D eigenvalue weighted by atomic mass is 32.2. The summed E-state index contributed by atoms with van der Waals surface area (Å²) in [5.74, 6) is 0.0788. The first-order valence-electron chi connectivity index (χ1n) is 8.72. The molecule has 1 aliphatic rings. The van der Waals surface area contributed by atoms with E-state index in [2.05, 4.69) is 10.4 Å². The summed E-state index contributed by atoms with van der Waals surface area (Å²) < 4.78 is 38.8. The Hall–Kier alpha value is -2.26. The van der Waals surface area contributed by atoms with Gasteiger partial charge in [-0.15, -0.1) is 0 Å². The van der Waals surface area contributed by atoms with Crippen molar-refractivity contribution < 1.29 is 17.6 Å². The van der Waals surface area contributed by atoms with Crippen LogP contribution in [0.2, 0.25) is 0 Å². The molecule has 9 heteroatoms. The minimum absolute atomic E-state index is 0.0319. The second-order valence-electron chi connectivity index (χ2n) is 6.98. The monoisotopic (exact) mass is 394 g/mol. The number of hydrogen-bond donors (Lipinski definition) is 1. The minimum atomic E-state index is -3.05. The van der Waals surface area contributed by atoms with E-state index in [1.807, 2.05) is 0 Å². The number of carbonyl (C=O) groups is 1. The van der Waals surface area contributed by atoms with Gasteiger partial charge in [-0.3, -0.25) is 9.69 Å². The summed E-state index contributed by atoms with van der Waals surface area (Å²) in [7, 11) is -1.32. The number of aromatic nitrogens is 2. The van der Waals surface area contributed by atoms with E-state index in [-0.39, 0.29) is 35.8 Å². The molecule has 1 aliphatic heterocycles. The van der Waals surface area contributed by atoms with Crippen molar-refractivity contribution in [1.82, 2.24) is 14.7 Å². The number of anilines is 1. The van der Waals surface area contributed by atoms with Gasteiger partial charge in [0.15, 0.2) is 9.84 Å². The van der Waals surface area contributed by atoms with Gasteiger partial charge in [-0.1, -0.05) is 18.2 Å². The molecule has 2 aromatic rings. The second-order valence-corrected chi connectivity index (χ2v) is 9.21. The quantitative estimate of drug-likeness (QED) is 0.807. The molecular weight excluding hydrogens is 371 g/mol. The average molecular weight is 394 g/mol. The molecule has 27 heavy (non-hydrogen) atoms. The average Bonchev–Trinajstić information content (AvgIpc) is 3.11. The van der Waals surface area contributed by atoms with Gasteiger partial charge in [0, 0.05) is 18.2 Å². The van der Waals surface area contributed by atoms with E-state index in [4.69, 9.17) is 0 Å². The first-order chi connectivity index (χ1) is 12.7. The van der Waals surface area contributed by atoms with Crippen LogP contribution >= 0.6 is 0 Å². The normalized spacial score (nSPS) is 18.7. The summed E-state index contributed by atoms with van der Waals surface area (Å²) in [6.07, 6.45) is 0.486. The molecule has 2 heterocycles. The van der Waals surface area contributed by atoms with E-state index in [0.717, 1.165) is 0 Å². The van der Waals surface area contributed by atoms with Crippen LogP contribution in [-0.2, 0) is 21.2 Å². The summed E-state index contributed by atoms with van der Waals surface area (Å²) in [5, 5.41) is 7.14. The topological polar surface area (TPSA) is 84.3 Å². The number of likely N-dealkylation sites (N-methyl/N-ethyl adjacent to an activating group) is 1. The van der Waals surface area contributed by atoms with Crippen LogP contribution in [-0.4, -0.2) is 54.1 Å². The maximum Gasteiger partial charge on any atom is 0.239 e. The molecule has 1 aromatic heterocycles. The van der Waals surface area contributed by atoms with E-state index < -0.39 is 9.84 Å². The summed E-state index contributed by atoms with van der Waals surface area (Å²) >= 11 is 0. The van der Waals surface area contributed by atoms with Gasteiger partial charge in [-0.25, -0.2) is 17.5 Å². The van der Waals surface area contributed by atoms with Crippen molar-refractivity contribution in [1.29, 1.82) is 0 Å². The van der Waals surface area contributed by atoms with Gasteiger partial charge < -0.3 is 5.32 Å². The first-order valence-corrected chi connectivity index (χ1v) is 10.5. The van der Waals surface area contributed by atoms with Crippen LogP contribution < -0.4 is 5.32 Å². The van der Waals surface area contributed by atoms with Crippen molar-refractivity contribution in [3.05, 3.63) is 47.4 Å². The standard InChI is InChI=1S/C18H23FN4O3S/c1-13-9-17(23(21-13)15-7-8-27(25,26)12-15)20-18(24)11-22(2)10-14-5-3-4-6-16(14)19/h3-6,9,15H,7-8,10-12H2,1-2H3,(H,20,24). The van der Waals surface area contributed by atoms with Crippen molar-refractivity contribution in [3.63, 3.8) is 0 Å². The zero-order chi connectivity index (χ0) is 19.6. The molecule has 1 N–H and O–H groups in total. The Balaban J connectivity index is 1.64. The van der Waals surface area contributed by atoms with Gasteiger partial charge in [-0.2, -0.15) is 5.10 Å². The van der Waals surface area contributed by atoms with Gasteiger partial charge in [0.05, 0.1) is 29.8 Å². The summed E-state index contributed by atoms with van der Waals surface area (Å²) in [4.78, 5) is 14.1. The number of sulfone groups is 1. The Bertz CT molecular complexity index is 942. The van der Waals surface area contributed by atoms with E-state index >= 15 is 0 Å². The maximum atomic E-state index is 13.7. The first kappa shape index (κ1) is 19.5. The van der Waals surface area contributed by atoms with Gasteiger partial charge in [-0.05, 0) is 26.5 Å². The second kappa shape index (κ2) is 7.77. The van der Waals surface area contributed by atoms with Crippen molar-refractivity contribution in [3.8, 4) is 0 Å². The van der Waals surface area contributed by atoms with Gasteiger partial charge >= 0.3 is 0 Å². The Morgan fingerprint density at radius 3 is 2.81 bits per heavy atom. The van der Waals surface area contributed by atoms with Crippen molar-refractivity contribution in [2.24, 2.45) is 0 Å². The van der Waals surface area contributed by atoms with Gasteiger partial charge in [0.1, 0.15) is 11.6 Å². The number of benzene rings is 1. The number of hydrogen-bond acceptors (Lipinski definition) is 5. The van der Waals surface area contributed by atoms with Crippen molar-refractivity contribution >= 4 is 21.6 Å². The smallest absolute Gasteiger partial charge is 0.239 e. The Kier molecular flexibility index (Phi) is 5.61. The van der Waals surface area contributed by atoms with E-state index in [0.29, 0.717) is 30.0 Å². The van der Waals surface area contributed by atoms with E-state index in [1.165, 1.54) is 6.07 Å². The van der Waals surface area contributed by atoms with Crippen LogP contribution in [0.25, 0.3) is 0 Å². The SMILES string of the molecule is Cc1cc(NC(=O)CN(C)Cc2ccccc2F)n(C2CCS(=O)(=O)C2)n1. The highest BCUT2D eigenvalue weighted by molar-refractivity contribution is 7.91. The Morgan fingerprint density at radius 1 is 1.41 bits per heavy atom. The number of nitrogens with one attached hydrogen (secondary N) is 1. The molecule has 0 aliphatic carbocycles. The lowest BCUT2D eigenvalue weighted by Gasteiger charge is -2.18. The van der Waals surface area contributed by atoms with Gasteiger partial charge in [0.2, 0.25) is 5.91 Å². The fraction of sp³-hybridized carbons (Fsp3) is 0.444. The third kappa shape index (κ3) is 4.92. The molecule has 0 bridgehead atoms. The van der Waals surface area contributed by atoms with Crippen LogP contribution in [0.5, 0.6) is 0 Å². The number of rotatable bonds is 6. The zero-order valence-electron chi connectivity index (χ0n) is 15.4. The summed E-state index contributed by atoms with van der Waals surface area (Å²) in [5.41, 5.74) is 1.22. The molecule has 0 saturated carbocycles. The molecule has 7 nitrogen and oxygen atoms in total. The zero-order valence-corrected chi connectivity index (χ0v) is 16.2. The molecule has 146 valence electrons. The van der Waals surface area contributed by atoms with E-state index in [1.54, 1.807) is 47.8 Å². The minimum Gasteiger partial charge on any atom is -0.310 e. The molecule has 1 amide bonds. The fourth-order valence-corrected chi connectivity index (χ4v) is 4.95. The Morgan fingerprint density at radius 2 is 2.15 bits per heavy atom. The van der Waals surface area contributed by atoms with Crippen LogP contribution in [0, 0.1) is 12.7 Å². The third-order valence-corrected chi connectivity index (χ3v) is 6.24. The molecule has 0 spiro atoms. The lowest BCUT2D eigenvalue weighted by Crippen LogP contribution is -2.31. The molecular formula is C18H23FN4O3S. The number of carbonyl (C=O) groups excluding carboxylic acids is 1. The highest BCUT2D eigenvalue weighted by Gasteiger charge is 2.31. The maximum absolute atomic E-state index is 13.7. The molecule has 0 radical (unpaired) electrons. The highest BCUT2D eigenvalue weighted by Crippen LogP contribution is 2.27. The lowest BCUT2D eigenvalue weighted by atomic mass is 10.2. The Labute approximate surface area is 158 Å². The molecule has 1 saturated heterocycles. The van der Waals surface area contributed by atoms with Gasteiger partial charge in [0.25, 0.3) is 0 Å². The number of amides is 1. The third-order valence-electron chi connectivity index (χ3n) is 4.49.